The normalized spacial score (nSPS) is 10.5. The topological polar surface area (TPSA) is 52.6 Å². The van der Waals surface area contributed by atoms with Gasteiger partial charge in [0.15, 0.2) is 12.4 Å². The molecule has 4 heteroatoms. The van der Waals surface area contributed by atoms with Crippen molar-refractivity contribution in [3.8, 4) is 5.75 Å². The van der Waals surface area contributed by atoms with Gasteiger partial charge in [0.1, 0.15) is 5.75 Å². The molecule has 0 atom stereocenters. The predicted molar refractivity (Wildman–Crippen MR) is 88.5 cm³/mol. The number of benzene rings is 2. The molecule has 2 aromatic carbocycles. The third kappa shape index (κ3) is 5.11. The Balaban J connectivity index is 1.87. The molecule has 118 valence electrons. The van der Waals surface area contributed by atoms with E-state index in [1.807, 2.05) is 31.2 Å². The minimum Gasteiger partial charge on any atom is -0.497 e. The van der Waals surface area contributed by atoms with Gasteiger partial charge < -0.3 is 9.47 Å². The van der Waals surface area contributed by atoms with Crippen LogP contribution < -0.4 is 4.74 Å². The summed E-state index contributed by atoms with van der Waals surface area (Å²) in [6.45, 7) is 1.69. The van der Waals surface area contributed by atoms with E-state index in [0.29, 0.717) is 11.3 Å². The molecular weight excluding hydrogens is 292 g/mol. The molecule has 2 aromatic rings. The van der Waals surface area contributed by atoms with Crippen LogP contribution in [0, 0.1) is 6.92 Å². The number of methoxy groups -OCH3 is 1. The Hall–Kier alpha value is -2.88. The van der Waals surface area contributed by atoms with E-state index in [-0.39, 0.29) is 12.4 Å². The number of ether oxygens (including phenoxy) is 2. The fourth-order valence-electron chi connectivity index (χ4n) is 1.98. The van der Waals surface area contributed by atoms with Gasteiger partial charge in [0.25, 0.3) is 0 Å². The summed E-state index contributed by atoms with van der Waals surface area (Å²) in [5.74, 6) is -0.141. The SMILES string of the molecule is COc1ccc(C(=O)COC(=O)/C=C/c2cccc(C)c2)cc1. The Kier molecular flexibility index (Phi) is 5.69. The summed E-state index contributed by atoms with van der Waals surface area (Å²) in [4.78, 5) is 23.6. The van der Waals surface area contributed by atoms with Crippen LogP contribution in [0.3, 0.4) is 0 Å². The first kappa shape index (κ1) is 16.5. The van der Waals surface area contributed by atoms with Crippen LogP contribution >= 0.6 is 0 Å². The molecule has 23 heavy (non-hydrogen) atoms. The molecule has 0 radical (unpaired) electrons. The lowest BCUT2D eigenvalue weighted by Crippen LogP contribution is -2.12. The standard InChI is InChI=1S/C19H18O4/c1-14-4-3-5-15(12-14)6-11-19(21)23-13-18(20)16-7-9-17(22-2)10-8-16/h3-12H,13H2,1-2H3/b11-6+. The maximum Gasteiger partial charge on any atom is 0.331 e. The molecule has 0 unspecified atom stereocenters. The Labute approximate surface area is 135 Å². The molecular formula is C19H18O4. The van der Waals surface area contributed by atoms with Gasteiger partial charge in [0, 0.05) is 11.6 Å². The second-order valence-corrected chi connectivity index (χ2v) is 5.01. The fraction of sp³-hybridized carbons (Fsp3) is 0.158. The molecule has 2 rings (SSSR count). The Morgan fingerprint density at radius 1 is 1.09 bits per heavy atom. The van der Waals surface area contributed by atoms with E-state index in [0.717, 1.165) is 11.1 Å². The maximum absolute atomic E-state index is 11.9. The third-order valence-corrected chi connectivity index (χ3v) is 3.21. The molecule has 0 N–H and O–H groups in total. The van der Waals surface area contributed by atoms with Gasteiger partial charge in [-0.1, -0.05) is 29.8 Å². The average molecular weight is 310 g/mol. The van der Waals surface area contributed by atoms with Gasteiger partial charge in [-0.05, 0) is 42.8 Å². The molecule has 0 saturated carbocycles. The van der Waals surface area contributed by atoms with E-state index in [9.17, 15) is 9.59 Å². The fourth-order valence-corrected chi connectivity index (χ4v) is 1.98. The summed E-state index contributed by atoms with van der Waals surface area (Å²) in [6, 6.07) is 14.4. The number of hydrogen-bond donors (Lipinski definition) is 0. The first-order chi connectivity index (χ1) is 11.1. The maximum atomic E-state index is 11.9. The molecule has 0 amide bonds. The summed E-state index contributed by atoms with van der Waals surface area (Å²) < 4.78 is 9.98. The zero-order valence-electron chi connectivity index (χ0n) is 13.1. The number of ketones is 1. The van der Waals surface area contributed by atoms with Gasteiger partial charge in [-0.3, -0.25) is 4.79 Å². The molecule has 0 aliphatic heterocycles. The number of carbonyl (C=O) groups excluding carboxylic acids is 2. The Morgan fingerprint density at radius 2 is 1.83 bits per heavy atom. The van der Waals surface area contributed by atoms with Gasteiger partial charge in [0.2, 0.25) is 0 Å². The molecule has 0 spiro atoms. The summed E-state index contributed by atoms with van der Waals surface area (Å²) in [6.07, 6.45) is 2.98. The van der Waals surface area contributed by atoms with Crippen molar-refractivity contribution in [3.05, 3.63) is 71.3 Å². The molecule has 0 saturated heterocycles. The second kappa shape index (κ2) is 7.94. The monoisotopic (exact) mass is 310 g/mol. The number of aryl methyl sites for hydroxylation is 1. The smallest absolute Gasteiger partial charge is 0.331 e. The summed E-state index contributed by atoms with van der Waals surface area (Å²) in [5, 5.41) is 0. The molecule has 4 nitrogen and oxygen atoms in total. The molecule has 0 aliphatic carbocycles. The van der Waals surface area contributed by atoms with Crippen LogP contribution in [0.2, 0.25) is 0 Å². The van der Waals surface area contributed by atoms with E-state index < -0.39 is 5.97 Å². The lowest BCUT2D eigenvalue weighted by Gasteiger charge is -2.03. The average Bonchev–Trinajstić information content (AvgIpc) is 2.58. The van der Waals surface area contributed by atoms with Crippen LogP contribution in [0.4, 0.5) is 0 Å². The van der Waals surface area contributed by atoms with Crippen molar-refractivity contribution < 1.29 is 19.1 Å². The quantitative estimate of drug-likeness (QED) is 0.466. The predicted octanol–water partition coefficient (Wildman–Crippen LogP) is 3.44. The highest BCUT2D eigenvalue weighted by Crippen LogP contribution is 2.12. The van der Waals surface area contributed by atoms with Gasteiger partial charge in [0.05, 0.1) is 7.11 Å². The molecule has 0 heterocycles. The minimum absolute atomic E-state index is 0.259. The highest BCUT2D eigenvalue weighted by molar-refractivity contribution is 5.99. The number of Topliss-reactive ketones (excluding diaryl/α,β-unsaturated/α-hetero) is 1. The van der Waals surface area contributed by atoms with Crippen molar-refractivity contribution in [1.29, 1.82) is 0 Å². The van der Waals surface area contributed by atoms with Crippen molar-refractivity contribution >= 4 is 17.8 Å². The summed E-state index contributed by atoms with van der Waals surface area (Å²) in [7, 11) is 1.55. The minimum atomic E-state index is -0.548. The highest BCUT2D eigenvalue weighted by atomic mass is 16.5. The van der Waals surface area contributed by atoms with Crippen molar-refractivity contribution in [1.82, 2.24) is 0 Å². The first-order valence-corrected chi connectivity index (χ1v) is 7.17. The molecule has 0 aliphatic rings. The number of rotatable bonds is 6. The third-order valence-electron chi connectivity index (χ3n) is 3.21. The van der Waals surface area contributed by atoms with Gasteiger partial charge in [-0.15, -0.1) is 0 Å². The summed E-state index contributed by atoms with van der Waals surface area (Å²) in [5.41, 5.74) is 2.49. The van der Waals surface area contributed by atoms with Crippen molar-refractivity contribution in [2.24, 2.45) is 0 Å². The first-order valence-electron chi connectivity index (χ1n) is 7.17. The lowest BCUT2D eigenvalue weighted by atomic mass is 10.1. The lowest BCUT2D eigenvalue weighted by molar-refractivity contribution is -0.136. The van der Waals surface area contributed by atoms with E-state index in [2.05, 4.69) is 0 Å². The van der Waals surface area contributed by atoms with Crippen molar-refractivity contribution in [3.63, 3.8) is 0 Å². The van der Waals surface area contributed by atoms with Crippen LogP contribution in [-0.2, 0) is 9.53 Å². The van der Waals surface area contributed by atoms with Gasteiger partial charge in [-0.25, -0.2) is 4.79 Å². The second-order valence-electron chi connectivity index (χ2n) is 5.01. The molecule has 0 aromatic heterocycles. The number of carbonyl (C=O) groups is 2. The van der Waals surface area contributed by atoms with Crippen LogP contribution in [0.5, 0.6) is 5.75 Å². The van der Waals surface area contributed by atoms with Crippen molar-refractivity contribution in [2.45, 2.75) is 6.92 Å². The van der Waals surface area contributed by atoms with Gasteiger partial charge >= 0.3 is 5.97 Å². The summed E-state index contributed by atoms with van der Waals surface area (Å²) >= 11 is 0. The van der Waals surface area contributed by atoms with Crippen molar-refractivity contribution in [2.75, 3.05) is 13.7 Å². The van der Waals surface area contributed by atoms with E-state index >= 15 is 0 Å². The molecule has 0 bridgehead atoms. The van der Waals surface area contributed by atoms with Crippen LogP contribution in [0.25, 0.3) is 6.08 Å². The largest absolute Gasteiger partial charge is 0.497 e. The van der Waals surface area contributed by atoms with Crippen LogP contribution in [0.1, 0.15) is 21.5 Å². The van der Waals surface area contributed by atoms with E-state index in [1.165, 1.54) is 6.08 Å². The zero-order valence-corrected chi connectivity index (χ0v) is 13.1. The number of hydrogen-bond acceptors (Lipinski definition) is 4. The van der Waals surface area contributed by atoms with E-state index in [4.69, 9.17) is 9.47 Å². The Morgan fingerprint density at radius 3 is 2.48 bits per heavy atom. The zero-order chi connectivity index (χ0) is 16.7. The van der Waals surface area contributed by atoms with Crippen LogP contribution in [-0.4, -0.2) is 25.5 Å². The van der Waals surface area contributed by atoms with E-state index in [1.54, 1.807) is 37.5 Å². The highest BCUT2D eigenvalue weighted by Gasteiger charge is 2.08. The van der Waals surface area contributed by atoms with Crippen LogP contribution in [0.15, 0.2) is 54.6 Å². The Bertz CT molecular complexity index is 714. The number of esters is 1. The molecule has 0 fully saturated rings. The van der Waals surface area contributed by atoms with Gasteiger partial charge in [-0.2, -0.15) is 0 Å².